The maximum absolute atomic E-state index is 11.7. The highest BCUT2D eigenvalue weighted by Crippen LogP contribution is 2.30. The number of amides is 1. The van der Waals surface area contributed by atoms with Crippen molar-refractivity contribution in [1.29, 1.82) is 0 Å². The first-order chi connectivity index (χ1) is 7.65. The Morgan fingerprint density at radius 1 is 1.50 bits per heavy atom. The van der Waals surface area contributed by atoms with Gasteiger partial charge in [0, 0.05) is 12.1 Å². The van der Waals surface area contributed by atoms with Gasteiger partial charge in [0.25, 0.3) is 0 Å². The number of carbonyl (C=O) groups is 1. The van der Waals surface area contributed by atoms with Crippen molar-refractivity contribution in [2.45, 2.75) is 25.7 Å². The molecular weight excluding hydrogens is 224 g/mol. The van der Waals surface area contributed by atoms with Crippen LogP contribution in [0.15, 0.2) is 18.2 Å². The van der Waals surface area contributed by atoms with E-state index < -0.39 is 0 Å². The molecule has 0 saturated heterocycles. The third-order valence-corrected chi connectivity index (χ3v) is 3.28. The van der Waals surface area contributed by atoms with Gasteiger partial charge in [-0.15, -0.1) is 0 Å². The van der Waals surface area contributed by atoms with Crippen molar-refractivity contribution < 1.29 is 4.79 Å². The number of benzene rings is 1. The summed E-state index contributed by atoms with van der Waals surface area (Å²) in [7, 11) is 0. The van der Waals surface area contributed by atoms with Gasteiger partial charge in [0.1, 0.15) is 0 Å². The molecule has 1 amide bonds. The molecule has 3 N–H and O–H groups in total. The molecular formula is C12H15ClN2O. The molecule has 0 heterocycles. The molecule has 0 spiro atoms. The van der Waals surface area contributed by atoms with Crippen LogP contribution in [0, 0.1) is 5.92 Å². The van der Waals surface area contributed by atoms with Gasteiger partial charge in [0.15, 0.2) is 0 Å². The minimum atomic E-state index is 0.0383. The molecule has 1 aromatic carbocycles. The van der Waals surface area contributed by atoms with Crippen molar-refractivity contribution in [1.82, 2.24) is 0 Å². The summed E-state index contributed by atoms with van der Waals surface area (Å²) in [6, 6.07) is 5.10. The van der Waals surface area contributed by atoms with Crippen LogP contribution in [-0.4, -0.2) is 5.91 Å². The van der Waals surface area contributed by atoms with Gasteiger partial charge in [-0.05, 0) is 37.0 Å². The molecule has 0 aromatic heterocycles. The lowest BCUT2D eigenvalue weighted by atomic mass is 9.83. The molecule has 16 heavy (non-hydrogen) atoms. The third-order valence-electron chi connectivity index (χ3n) is 2.97. The number of rotatable bonds is 3. The number of nitrogens with one attached hydrogen (secondary N) is 1. The largest absolute Gasteiger partial charge is 0.399 e. The van der Waals surface area contributed by atoms with Gasteiger partial charge >= 0.3 is 0 Å². The average Bonchev–Trinajstić information content (AvgIpc) is 2.16. The lowest BCUT2D eigenvalue weighted by Gasteiger charge is -2.24. The Labute approximate surface area is 100.0 Å². The second-order valence-corrected chi connectivity index (χ2v) is 4.70. The molecule has 0 radical (unpaired) electrons. The van der Waals surface area contributed by atoms with E-state index in [-0.39, 0.29) is 5.91 Å². The normalized spacial score (nSPS) is 15.6. The average molecular weight is 239 g/mol. The number of nitrogens with two attached hydrogens (primary N) is 1. The monoisotopic (exact) mass is 238 g/mol. The fourth-order valence-corrected chi connectivity index (χ4v) is 2.03. The summed E-state index contributed by atoms with van der Waals surface area (Å²) in [6.45, 7) is 0. The van der Waals surface area contributed by atoms with Crippen LogP contribution in [0.5, 0.6) is 0 Å². The smallest absolute Gasteiger partial charge is 0.224 e. The van der Waals surface area contributed by atoms with E-state index in [0.29, 0.717) is 28.7 Å². The molecule has 2 rings (SSSR count). The topological polar surface area (TPSA) is 55.1 Å². The Morgan fingerprint density at radius 3 is 2.81 bits per heavy atom. The summed E-state index contributed by atoms with van der Waals surface area (Å²) in [5.74, 6) is 0.601. The molecule has 1 fully saturated rings. The summed E-state index contributed by atoms with van der Waals surface area (Å²) in [6.07, 6.45) is 4.19. The summed E-state index contributed by atoms with van der Waals surface area (Å²) >= 11 is 5.96. The van der Waals surface area contributed by atoms with Gasteiger partial charge in [-0.25, -0.2) is 0 Å². The van der Waals surface area contributed by atoms with Gasteiger partial charge in [0.2, 0.25) is 5.91 Å². The third kappa shape index (κ3) is 2.67. The van der Waals surface area contributed by atoms with E-state index in [0.717, 1.165) is 0 Å². The lowest BCUT2D eigenvalue weighted by molar-refractivity contribution is -0.117. The zero-order valence-electron chi connectivity index (χ0n) is 9.00. The second-order valence-electron chi connectivity index (χ2n) is 4.29. The molecule has 1 saturated carbocycles. The minimum absolute atomic E-state index is 0.0383. The van der Waals surface area contributed by atoms with Crippen LogP contribution < -0.4 is 11.1 Å². The van der Waals surface area contributed by atoms with Gasteiger partial charge in [0.05, 0.1) is 10.7 Å². The highest BCUT2D eigenvalue weighted by molar-refractivity contribution is 6.34. The Hall–Kier alpha value is -1.22. The molecule has 0 aliphatic heterocycles. The van der Waals surface area contributed by atoms with Gasteiger partial charge in [-0.3, -0.25) is 4.79 Å². The van der Waals surface area contributed by atoms with Gasteiger partial charge in [-0.1, -0.05) is 18.0 Å². The molecule has 86 valence electrons. The SMILES string of the molecule is Nc1ccc(NC(=O)CC2CCC2)c(Cl)c1. The van der Waals surface area contributed by atoms with Crippen LogP contribution in [0.3, 0.4) is 0 Å². The maximum Gasteiger partial charge on any atom is 0.224 e. The Kier molecular flexibility index (Phi) is 3.34. The molecule has 0 bridgehead atoms. The minimum Gasteiger partial charge on any atom is -0.399 e. The van der Waals surface area contributed by atoms with Crippen LogP contribution >= 0.6 is 11.6 Å². The summed E-state index contributed by atoms with van der Waals surface area (Å²) in [4.78, 5) is 11.7. The van der Waals surface area contributed by atoms with Crippen LogP contribution in [0.4, 0.5) is 11.4 Å². The first kappa shape index (κ1) is 11.3. The quantitative estimate of drug-likeness (QED) is 0.796. The van der Waals surface area contributed by atoms with Crippen LogP contribution in [0.1, 0.15) is 25.7 Å². The second kappa shape index (κ2) is 4.74. The molecule has 1 aliphatic rings. The molecule has 1 aliphatic carbocycles. The van der Waals surface area contributed by atoms with E-state index in [1.54, 1.807) is 18.2 Å². The standard InChI is InChI=1S/C12H15ClN2O/c13-10-7-9(14)4-5-11(10)15-12(16)6-8-2-1-3-8/h4-5,7-8H,1-3,6,14H2,(H,15,16). The van der Waals surface area contributed by atoms with Gasteiger partial charge in [-0.2, -0.15) is 0 Å². The predicted molar refractivity (Wildman–Crippen MR) is 66.5 cm³/mol. The summed E-state index contributed by atoms with van der Waals surface area (Å²) < 4.78 is 0. The van der Waals surface area contributed by atoms with Crippen LogP contribution in [0.25, 0.3) is 0 Å². The van der Waals surface area contributed by atoms with Crippen LogP contribution in [-0.2, 0) is 4.79 Å². The zero-order chi connectivity index (χ0) is 11.5. The van der Waals surface area contributed by atoms with Crippen molar-refractivity contribution in [3.63, 3.8) is 0 Å². The fraction of sp³-hybridized carbons (Fsp3) is 0.417. The maximum atomic E-state index is 11.7. The Morgan fingerprint density at radius 2 is 2.25 bits per heavy atom. The fourth-order valence-electron chi connectivity index (χ4n) is 1.79. The van der Waals surface area contributed by atoms with Crippen molar-refractivity contribution in [3.8, 4) is 0 Å². The lowest BCUT2D eigenvalue weighted by Crippen LogP contribution is -2.21. The highest BCUT2D eigenvalue weighted by atomic mass is 35.5. The number of nitrogen functional groups attached to an aromatic ring is 1. The first-order valence-electron chi connectivity index (χ1n) is 5.50. The number of hydrogen-bond donors (Lipinski definition) is 2. The van der Waals surface area contributed by atoms with E-state index in [4.69, 9.17) is 17.3 Å². The summed E-state index contributed by atoms with van der Waals surface area (Å²) in [5, 5.41) is 3.30. The first-order valence-corrected chi connectivity index (χ1v) is 5.88. The highest BCUT2D eigenvalue weighted by Gasteiger charge is 2.20. The molecule has 3 nitrogen and oxygen atoms in total. The van der Waals surface area contributed by atoms with E-state index >= 15 is 0 Å². The van der Waals surface area contributed by atoms with Crippen LogP contribution in [0.2, 0.25) is 5.02 Å². The number of hydrogen-bond acceptors (Lipinski definition) is 2. The number of carbonyl (C=O) groups excluding carboxylic acids is 1. The number of halogens is 1. The Balaban J connectivity index is 1.94. The van der Waals surface area contributed by atoms with E-state index in [2.05, 4.69) is 5.32 Å². The molecule has 0 unspecified atom stereocenters. The van der Waals surface area contributed by atoms with Crippen molar-refractivity contribution in [2.75, 3.05) is 11.1 Å². The predicted octanol–water partition coefficient (Wildman–Crippen LogP) is 3.05. The van der Waals surface area contributed by atoms with Gasteiger partial charge < -0.3 is 11.1 Å². The van der Waals surface area contributed by atoms with Crippen molar-refractivity contribution in [2.24, 2.45) is 5.92 Å². The molecule has 1 aromatic rings. The van der Waals surface area contributed by atoms with Crippen molar-refractivity contribution >= 4 is 28.9 Å². The number of anilines is 2. The Bertz CT molecular complexity index is 402. The zero-order valence-corrected chi connectivity index (χ0v) is 9.76. The molecule has 4 heteroatoms. The summed E-state index contributed by atoms with van der Waals surface area (Å²) in [5.41, 5.74) is 6.81. The van der Waals surface area contributed by atoms with E-state index in [1.165, 1.54) is 19.3 Å². The van der Waals surface area contributed by atoms with E-state index in [1.807, 2.05) is 0 Å². The van der Waals surface area contributed by atoms with Crippen molar-refractivity contribution in [3.05, 3.63) is 23.2 Å². The molecule has 0 atom stereocenters. The van der Waals surface area contributed by atoms with E-state index in [9.17, 15) is 4.79 Å².